The van der Waals surface area contributed by atoms with Crippen molar-refractivity contribution < 1.29 is 0 Å². The summed E-state index contributed by atoms with van der Waals surface area (Å²) >= 11 is 0. The topological polar surface area (TPSA) is 25.8 Å². The van der Waals surface area contributed by atoms with Crippen LogP contribution < -0.4 is 0 Å². The molecule has 0 fully saturated rings. The van der Waals surface area contributed by atoms with Crippen molar-refractivity contribution in [3.8, 4) is 56.0 Å². The van der Waals surface area contributed by atoms with E-state index in [2.05, 4.69) is 152 Å². The largest absolute Gasteiger partial charge is 0.228 e. The molecular formula is C47H32N2. The minimum atomic E-state index is -0.345. The second-order valence-corrected chi connectivity index (χ2v) is 13.2. The van der Waals surface area contributed by atoms with Crippen LogP contribution in [0.4, 0.5) is 0 Å². The molecule has 7 aromatic rings. The van der Waals surface area contributed by atoms with Gasteiger partial charge in [0.25, 0.3) is 0 Å². The molecule has 2 nitrogen and oxygen atoms in total. The molecule has 6 aromatic carbocycles. The van der Waals surface area contributed by atoms with Crippen molar-refractivity contribution in [2.45, 2.75) is 18.3 Å². The van der Waals surface area contributed by atoms with E-state index in [1.165, 1.54) is 55.6 Å². The van der Waals surface area contributed by atoms with Crippen molar-refractivity contribution in [3.63, 3.8) is 0 Å². The van der Waals surface area contributed by atoms with E-state index in [4.69, 9.17) is 9.97 Å². The lowest BCUT2D eigenvalue weighted by atomic mass is 9.70. The fourth-order valence-electron chi connectivity index (χ4n) is 8.37. The molecule has 0 unspecified atom stereocenters. The van der Waals surface area contributed by atoms with E-state index < -0.39 is 0 Å². The van der Waals surface area contributed by atoms with Gasteiger partial charge >= 0.3 is 0 Å². The van der Waals surface area contributed by atoms with Gasteiger partial charge < -0.3 is 0 Å². The number of benzene rings is 6. The Hall–Kier alpha value is -6.12. The van der Waals surface area contributed by atoms with Crippen molar-refractivity contribution >= 4 is 5.57 Å². The Morgan fingerprint density at radius 1 is 0.408 bits per heavy atom. The van der Waals surface area contributed by atoms with E-state index >= 15 is 0 Å². The van der Waals surface area contributed by atoms with Crippen LogP contribution in [0.25, 0.3) is 61.6 Å². The third-order valence-corrected chi connectivity index (χ3v) is 10.6. The zero-order valence-electron chi connectivity index (χ0n) is 27.0. The second-order valence-electron chi connectivity index (χ2n) is 13.2. The number of nitrogens with zero attached hydrogens (tertiary/aromatic N) is 2. The minimum absolute atomic E-state index is 0.345. The summed E-state index contributed by atoms with van der Waals surface area (Å²) in [7, 11) is 0. The minimum Gasteiger partial charge on any atom is -0.228 e. The van der Waals surface area contributed by atoms with Gasteiger partial charge in [0, 0.05) is 11.1 Å². The Morgan fingerprint density at radius 3 is 1.59 bits per heavy atom. The molecule has 1 spiro atoms. The summed E-state index contributed by atoms with van der Waals surface area (Å²) in [6, 6.07) is 55.3. The van der Waals surface area contributed by atoms with Crippen molar-refractivity contribution in [2.75, 3.05) is 0 Å². The fraction of sp³-hybridized carbons (Fsp3) is 0.0638. The lowest BCUT2D eigenvalue weighted by Gasteiger charge is -2.30. The first kappa shape index (κ1) is 27.9. The highest BCUT2D eigenvalue weighted by Gasteiger charge is 2.51. The number of rotatable bonds is 4. The van der Waals surface area contributed by atoms with Gasteiger partial charge in [-0.05, 0) is 86.2 Å². The molecule has 0 amide bonds. The Labute approximate surface area is 286 Å². The molecule has 0 saturated heterocycles. The molecule has 2 heteroatoms. The van der Waals surface area contributed by atoms with Crippen LogP contribution in [-0.2, 0) is 5.41 Å². The maximum absolute atomic E-state index is 5.07. The van der Waals surface area contributed by atoms with Crippen molar-refractivity contribution in [2.24, 2.45) is 0 Å². The molecule has 1 heterocycles. The summed E-state index contributed by atoms with van der Waals surface area (Å²) in [4.78, 5) is 10.1. The Kier molecular flexibility index (Phi) is 6.25. The van der Waals surface area contributed by atoms with E-state index in [1.807, 2.05) is 18.2 Å². The summed E-state index contributed by atoms with van der Waals surface area (Å²) in [5.74, 6) is 0.748. The van der Waals surface area contributed by atoms with Crippen LogP contribution >= 0.6 is 0 Å². The summed E-state index contributed by atoms with van der Waals surface area (Å²) in [6.45, 7) is 0. The maximum atomic E-state index is 5.07. The SMILES string of the molecule is C1=CC(c2cc(-c3ccc(-c4ccc5c(c4)C4(c6ccccc6-c6ccccc64)c4ccccc4-5)cc3)nc(-c3ccccc3)n2)=CCC1. The van der Waals surface area contributed by atoms with Crippen LogP contribution in [0.15, 0.2) is 170 Å². The molecule has 49 heavy (non-hydrogen) atoms. The lowest BCUT2D eigenvalue weighted by molar-refractivity contribution is 0.794. The molecule has 0 aliphatic heterocycles. The molecule has 0 bridgehead atoms. The van der Waals surface area contributed by atoms with Crippen molar-refractivity contribution in [1.29, 1.82) is 0 Å². The van der Waals surface area contributed by atoms with Crippen LogP contribution in [0.3, 0.4) is 0 Å². The molecule has 0 saturated carbocycles. The first-order valence-corrected chi connectivity index (χ1v) is 17.2. The van der Waals surface area contributed by atoms with Crippen molar-refractivity contribution in [1.82, 2.24) is 9.97 Å². The summed E-state index contributed by atoms with van der Waals surface area (Å²) < 4.78 is 0. The van der Waals surface area contributed by atoms with Gasteiger partial charge in [0.1, 0.15) is 0 Å². The molecule has 10 rings (SSSR count). The molecule has 0 atom stereocenters. The smallest absolute Gasteiger partial charge is 0.160 e. The van der Waals surface area contributed by atoms with Gasteiger partial charge in [0.15, 0.2) is 5.82 Å². The van der Waals surface area contributed by atoms with E-state index in [1.54, 1.807) is 0 Å². The van der Waals surface area contributed by atoms with Gasteiger partial charge in [-0.25, -0.2) is 9.97 Å². The van der Waals surface area contributed by atoms with Gasteiger partial charge in [-0.3, -0.25) is 0 Å². The summed E-state index contributed by atoms with van der Waals surface area (Å²) in [6.07, 6.45) is 8.81. The first-order chi connectivity index (χ1) is 24.3. The molecule has 3 aliphatic rings. The predicted octanol–water partition coefficient (Wildman–Crippen LogP) is 11.6. The monoisotopic (exact) mass is 624 g/mol. The van der Waals surface area contributed by atoms with Gasteiger partial charge in [0.2, 0.25) is 0 Å². The predicted molar refractivity (Wildman–Crippen MR) is 201 cm³/mol. The molecule has 3 aliphatic carbocycles. The highest BCUT2D eigenvalue weighted by atomic mass is 14.9. The van der Waals surface area contributed by atoms with Gasteiger partial charge in [-0.1, -0.05) is 158 Å². The lowest BCUT2D eigenvalue weighted by Crippen LogP contribution is -2.25. The summed E-state index contributed by atoms with van der Waals surface area (Å²) in [5, 5.41) is 0. The highest BCUT2D eigenvalue weighted by Crippen LogP contribution is 2.63. The van der Waals surface area contributed by atoms with E-state index in [0.29, 0.717) is 0 Å². The van der Waals surface area contributed by atoms with E-state index in [-0.39, 0.29) is 5.41 Å². The molecular weight excluding hydrogens is 593 g/mol. The van der Waals surface area contributed by atoms with Gasteiger partial charge in [0.05, 0.1) is 16.8 Å². The van der Waals surface area contributed by atoms with Crippen LogP contribution in [0.2, 0.25) is 0 Å². The average molecular weight is 625 g/mol. The number of hydrogen-bond acceptors (Lipinski definition) is 2. The van der Waals surface area contributed by atoms with Crippen LogP contribution in [0.1, 0.15) is 40.8 Å². The number of hydrogen-bond donors (Lipinski definition) is 0. The Morgan fingerprint density at radius 2 is 0.959 bits per heavy atom. The van der Waals surface area contributed by atoms with Crippen LogP contribution in [0, 0.1) is 0 Å². The van der Waals surface area contributed by atoms with Gasteiger partial charge in [-0.15, -0.1) is 0 Å². The Bertz CT molecular complexity index is 2420. The molecule has 0 N–H and O–H groups in total. The number of aromatic nitrogens is 2. The standard InChI is InChI=1S/C47H32N2/c1-3-13-32(14-4-1)44-30-45(49-46(48-44)34-15-5-2-6-16-34)33-25-23-31(24-26-33)35-27-28-39-38-19-9-12-22-42(38)47(43(39)29-35)40-20-10-7-17-36(40)37-18-8-11-21-41(37)47/h2-3,5-30H,1,4H2. The zero-order valence-corrected chi connectivity index (χ0v) is 27.0. The van der Waals surface area contributed by atoms with E-state index in [9.17, 15) is 0 Å². The number of fused-ring (bicyclic) bond motifs is 10. The number of allylic oxidation sites excluding steroid dienone is 4. The molecule has 1 aromatic heterocycles. The van der Waals surface area contributed by atoms with Crippen molar-refractivity contribution in [3.05, 3.63) is 198 Å². The third-order valence-electron chi connectivity index (χ3n) is 10.6. The van der Waals surface area contributed by atoms with Crippen LogP contribution in [-0.4, -0.2) is 9.97 Å². The zero-order chi connectivity index (χ0) is 32.4. The molecule has 0 radical (unpaired) electrons. The Balaban J connectivity index is 1.10. The highest BCUT2D eigenvalue weighted by molar-refractivity contribution is 5.96. The second kappa shape index (κ2) is 11.0. The normalized spacial score (nSPS) is 14.6. The van der Waals surface area contributed by atoms with Gasteiger partial charge in [-0.2, -0.15) is 0 Å². The third kappa shape index (κ3) is 4.20. The quantitative estimate of drug-likeness (QED) is 0.195. The maximum Gasteiger partial charge on any atom is 0.160 e. The van der Waals surface area contributed by atoms with E-state index in [0.717, 1.165) is 46.8 Å². The first-order valence-electron chi connectivity index (χ1n) is 17.2. The van der Waals surface area contributed by atoms with Crippen LogP contribution in [0.5, 0.6) is 0 Å². The molecule has 230 valence electrons. The summed E-state index contributed by atoms with van der Waals surface area (Å²) in [5.41, 5.74) is 18.0. The fourth-order valence-corrected chi connectivity index (χ4v) is 8.37. The average Bonchev–Trinajstić information content (AvgIpc) is 3.66.